The second-order valence-corrected chi connectivity index (χ2v) is 6.69. The molecule has 0 heterocycles. The number of carbonyl (C=O) groups excluding carboxylic acids is 1. The van der Waals surface area contributed by atoms with Crippen LogP contribution in [-0.4, -0.2) is 22.3 Å². The van der Waals surface area contributed by atoms with Crippen molar-refractivity contribution in [2.45, 2.75) is 25.8 Å². The van der Waals surface area contributed by atoms with E-state index in [1.54, 1.807) is 18.2 Å². The average molecular weight is 350 g/mol. The Morgan fingerprint density at radius 3 is 2.58 bits per heavy atom. The summed E-state index contributed by atoms with van der Waals surface area (Å²) in [5.74, 6) is 0.515. The number of nitro groups is 1. The highest BCUT2D eigenvalue weighted by Crippen LogP contribution is 2.27. The molecule has 0 unspecified atom stereocenters. The Kier molecular flexibility index (Phi) is 5.79. The second kappa shape index (κ2) is 8.43. The summed E-state index contributed by atoms with van der Waals surface area (Å²) >= 11 is 0. The number of nitro benzene ring substituents is 1. The smallest absolute Gasteiger partial charge is 0.270 e. The molecule has 3 rings (SSSR count). The maximum atomic E-state index is 12.7. The fourth-order valence-electron chi connectivity index (χ4n) is 3.04. The lowest BCUT2D eigenvalue weighted by atomic mass is 9.85. The van der Waals surface area contributed by atoms with Gasteiger partial charge in [0.2, 0.25) is 5.91 Å². The third-order valence-corrected chi connectivity index (χ3v) is 4.73. The minimum Gasteiger partial charge on any atom is -0.335 e. The molecular weight excluding hydrogens is 328 g/mol. The molecule has 0 atom stereocenters. The fourth-order valence-corrected chi connectivity index (χ4v) is 3.04. The van der Waals surface area contributed by atoms with E-state index in [1.807, 2.05) is 35.2 Å². The first kappa shape index (κ1) is 17.9. The van der Waals surface area contributed by atoms with Gasteiger partial charge < -0.3 is 4.90 Å². The van der Waals surface area contributed by atoms with Crippen molar-refractivity contribution in [3.8, 4) is 0 Å². The van der Waals surface area contributed by atoms with Crippen LogP contribution in [0, 0.1) is 16.0 Å². The van der Waals surface area contributed by atoms with Crippen LogP contribution in [0.5, 0.6) is 0 Å². The van der Waals surface area contributed by atoms with Gasteiger partial charge in [0, 0.05) is 31.3 Å². The van der Waals surface area contributed by atoms with Crippen molar-refractivity contribution in [2.24, 2.45) is 5.92 Å². The Balaban J connectivity index is 1.71. The minimum absolute atomic E-state index is 0.0233. The summed E-state index contributed by atoms with van der Waals surface area (Å²) in [5, 5.41) is 10.9. The predicted octanol–water partition coefficient (Wildman–Crippen LogP) is 4.44. The monoisotopic (exact) mass is 350 g/mol. The molecule has 2 aromatic rings. The summed E-state index contributed by atoms with van der Waals surface area (Å²) in [6.07, 6.45) is 6.75. The molecule has 5 nitrogen and oxygen atoms in total. The number of nitrogens with zero attached hydrogens (tertiary/aromatic N) is 2. The Bertz CT molecular complexity index is 798. The molecule has 1 fully saturated rings. The highest BCUT2D eigenvalue weighted by Gasteiger charge is 2.22. The van der Waals surface area contributed by atoms with E-state index in [0.717, 1.165) is 12.1 Å². The summed E-state index contributed by atoms with van der Waals surface area (Å²) < 4.78 is 0. The van der Waals surface area contributed by atoms with Gasteiger partial charge in [-0.15, -0.1) is 0 Å². The first-order valence-corrected chi connectivity index (χ1v) is 8.87. The Morgan fingerprint density at radius 1 is 1.15 bits per heavy atom. The molecule has 0 aliphatic heterocycles. The zero-order valence-corrected chi connectivity index (χ0v) is 14.6. The van der Waals surface area contributed by atoms with Crippen LogP contribution in [0.4, 0.5) is 5.69 Å². The summed E-state index contributed by atoms with van der Waals surface area (Å²) in [7, 11) is 0. The van der Waals surface area contributed by atoms with E-state index < -0.39 is 4.92 Å². The largest absolute Gasteiger partial charge is 0.335 e. The van der Waals surface area contributed by atoms with E-state index >= 15 is 0 Å². The van der Waals surface area contributed by atoms with Crippen LogP contribution in [0.15, 0.2) is 60.7 Å². The van der Waals surface area contributed by atoms with Crippen LogP contribution in [0.25, 0.3) is 6.08 Å². The molecule has 0 aromatic heterocycles. The molecule has 1 aliphatic rings. The summed E-state index contributed by atoms with van der Waals surface area (Å²) in [6, 6.07) is 16.2. The molecule has 1 amide bonds. The number of amides is 1. The molecule has 0 N–H and O–H groups in total. The molecular formula is C21H22N2O3. The third-order valence-electron chi connectivity index (χ3n) is 4.73. The first-order valence-electron chi connectivity index (χ1n) is 8.87. The van der Waals surface area contributed by atoms with Crippen LogP contribution in [0.1, 0.15) is 30.4 Å². The first-order chi connectivity index (χ1) is 12.6. The van der Waals surface area contributed by atoms with Gasteiger partial charge in [-0.25, -0.2) is 0 Å². The van der Waals surface area contributed by atoms with Crippen molar-refractivity contribution in [2.75, 3.05) is 6.54 Å². The molecule has 2 aromatic carbocycles. The maximum absolute atomic E-state index is 12.7. The van der Waals surface area contributed by atoms with Crippen LogP contribution < -0.4 is 0 Å². The van der Waals surface area contributed by atoms with Gasteiger partial charge in [-0.2, -0.15) is 0 Å². The molecule has 134 valence electrons. The van der Waals surface area contributed by atoms with Crippen LogP contribution in [0.3, 0.4) is 0 Å². The lowest BCUT2D eigenvalue weighted by Gasteiger charge is -2.32. The topological polar surface area (TPSA) is 63.4 Å². The Labute approximate surface area is 153 Å². The van der Waals surface area contributed by atoms with Gasteiger partial charge in [0.05, 0.1) is 4.92 Å². The number of carbonyl (C=O) groups is 1. The van der Waals surface area contributed by atoms with E-state index in [0.29, 0.717) is 18.0 Å². The van der Waals surface area contributed by atoms with E-state index in [1.165, 1.54) is 37.5 Å². The number of non-ortho nitro benzene ring substituents is 1. The molecule has 26 heavy (non-hydrogen) atoms. The van der Waals surface area contributed by atoms with Crippen LogP contribution in [-0.2, 0) is 11.3 Å². The molecule has 1 saturated carbocycles. The Hall–Kier alpha value is -2.95. The number of hydrogen-bond acceptors (Lipinski definition) is 3. The van der Waals surface area contributed by atoms with Gasteiger partial charge in [0.15, 0.2) is 0 Å². The number of rotatable bonds is 7. The second-order valence-electron chi connectivity index (χ2n) is 6.69. The summed E-state index contributed by atoms with van der Waals surface area (Å²) in [6.45, 7) is 1.34. The van der Waals surface area contributed by atoms with Gasteiger partial charge in [-0.3, -0.25) is 14.9 Å². The van der Waals surface area contributed by atoms with Gasteiger partial charge in [-0.1, -0.05) is 48.9 Å². The van der Waals surface area contributed by atoms with Crippen LogP contribution in [0.2, 0.25) is 0 Å². The minimum atomic E-state index is -0.433. The Morgan fingerprint density at radius 2 is 1.92 bits per heavy atom. The molecule has 5 heteroatoms. The SMILES string of the molecule is O=C(/C=C/c1cccc([N+](=O)[O-])c1)N(Cc1ccccc1)CC1CCC1. The lowest BCUT2D eigenvalue weighted by molar-refractivity contribution is -0.384. The molecule has 1 aliphatic carbocycles. The highest BCUT2D eigenvalue weighted by atomic mass is 16.6. The quantitative estimate of drug-likeness (QED) is 0.421. The van der Waals surface area contributed by atoms with Gasteiger partial charge >= 0.3 is 0 Å². The molecule has 0 bridgehead atoms. The maximum Gasteiger partial charge on any atom is 0.270 e. The number of benzene rings is 2. The average Bonchev–Trinajstić information content (AvgIpc) is 2.62. The summed E-state index contributed by atoms with van der Waals surface area (Å²) in [4.78, 5) is 25.0. The molecule has 0 radical (unpaired) electrons. The van der Waals surface area contributed by atoms with Crippen molar-refractivity contribution in [1.82, 2.24) is 4.90 Å². The number of hydrogen-bond donors (Lipinski definition) is 0. The molecule has 0 spiro atoms. The van der Waals surface area contributed by atoms with Crippen LogP contribution >= 0.6 is 0 Å². The fraction of sp³-hybridized carbons (Fsp3) is 0.286. The van der Waals surface area contributed by atoms with Crippen molar-refractivity contribution in [1.29, 1.82) is 0 Å². The van der Waals surface area contributed by atoms with Crippen molar-refractivity contribution < 1.29 is 9.72 Å². The standard InChI is InChI=1S/C21H22N2O3/c24-21(13-12-17-8-5-11-20(14-17)23(25)26)22(16-19-9-4-10-19)15-18-6-2-1-3-7-18/h1-3,5-8,11-14,19H,4,9-10,15-16H2/b13-12+. The highest BCUT2D eigenvalue weighted by molar-refractivity contribution is 5.91. The van der Waals surface area contributed by atoms with E-state index in [4.69, 9.17) is 0 Å². The van der Waals surface area contributed by atoms with E-state index in [2.05, 4.69) is 0 Å². The summed E-state index contributed by atoms with van der Waals surface area (Å²) in [5.41, 5.74) is 1.77. The van der Waals surface area contributed by atoms with E-state index in [9.17, 15) is 14.9 Å². The van der Waals surface area contributed by atoms with Crippen molar-refractivity contribution in [3.63, 3.8) is 0 Å². The van der Waals surface area contributed by atoms with Gasteiger partial charge in [0.1, 0.15) is 0 Å². The third kappa shape index (κ3) is 4.79. The lowest BCUT2D eigenvalue weighted by Crippen LogP contribution is -2.36. The van der Waals surface area contributed by atoms with E-state index in [-0.39, 0.29) is 11.6 Å². The van der Waals surface area contributed by atoms with Gasteiger partial charge in [-0.05, 0) is 36.0 Å². The van der Waals surface area contributed by atoms with Gasteiger partial charge in [0.25, 0.3) is 5.69 Å². The predicted molar refractivity (Wildman–Crippen MR) is 101 cm³/mol. The molecule has 0 saturated heterocycles. The van der Waals surface area contributed by atoms with Crippen molar-refractivity contribution >= 4 is 17.7 Å². The van der Waals surface area contributed by atoms with Crippen molar-refractivity contribution in [3.05, 3.63) is 81.9 Å². The normalized spacial score (nSPS) is 14.2. The zero-order chi connectivity index (χ0) is 18.4. The zero-order valence-electron chi connectivity index (χ0n) is 14.6.